The van der Waals surface area contributed by atoms with E-state index >= 15 is 0 Å². The van der Waals surface area contributed by atoms with Crippen molar-refractivity contribution < 1.29 is 9.13 Å². The van der Waals surface area contributed by atoms with E-state index in [1.54, 1.807) is 12.1 Å². The average molecular weight is 277 g/mol. The highest BCUT2D eigenvalue weighted by atomic mass is 19.1. The average Bonchev–Trinajstić information content (AvgIpc) is 2.79. The maximum atomic E-state index is 13.2. The fraction of sp³-hybridized carbons (Fsp3) is 0.647. The lowest BCUT2D eigenvalue weighted by Gasteiger charge is -2.35. The molecule has 0 aromatic heterocycles. The SMILES string of the molecule is CC1(C)CCC(NCC2Cc3cc(F)ccc3O2)CC1. The third-order valence-electron chi connectivity index (χ3n) is 4.74. The highest BCUT2D eigenvalue weighted by Crippen LogP contribution is 2.35. The highest BCUT2D eigenvalue weighted by Gasteiger charge is 2.28. The molecule has 3 rings (SSSR count). The van der Waals surface area contributed by atoms with E-state index in [2.05, 4.69) is 19.2 Å². The quantitative estimate of drug-likeness (QED) is 0.910. The summed E-state index contributed by atoms with van der Waals surface area (Å²) in [7, 11) is 0. The number of benzene rings is 1. The van der Waals surface area contributed by atoms with Crippen molar-refractivity contribution in [2.75, 3.05) is 6.54 Å². The molecule has 1 heterocycles. The zero-order chi connectivity index (χ0) is 14.2. The first kappa shape index (κ1) is 13.9. The van der Waals surface area contributed by atoms with Gasteiger partial charge in [-0.3, -0.25) is 0 Å². The molecule has 1 fully saturated rings. The molecule has 0 spiro atoms. The van der Waals surface area contributed by atoms with Gasteiger partial charge in [0.05, 0.1) is 0 Å². The summed E-state index contributed by atoms with van der Waals surface area (Å²) in [5.74, 6) is 0.679. The van der Waals surface area contributed by atoms with Crippen molar-refractivity contribution >= 4 is 0 Å². The van der Waals surface area contributed by atoms with Gasteiger partial charge in [0, 0.05) is 24.6 Å². The number of hydrogen-bond donors (Lipinski definition) is 1. The van der Waals surface area contributed by atoms with E-state index in [4.69, 9.17) is 4.74 Å². The Hall–Kier alpha value is -1.09. The van der Waals surface area contributed by atoms with E-state index < -0.39 is 0 Å². The molecule has 0 bridgehead atoms. The standard InChI is InChI=1S/C17H24FNO/c1-17(2)7-5-14(6-8-17)19-11-15-10-12-9-13(18)3-4-16(12)20-15/h3-4,9,14-15,19H,5-8,10-11H2,1-2H3. The summed E-state index contributed by atoms with van der Waals surface area (Å²) in [6.45, 7) is 5.57. The van der Waals surface area contributed by atoms with Crippen LogP contribution in [0.1, 0.15) is 45.1 Å². The molecule has 1 aromatic carbocycles. The monoisotopic (exact) mass is 277 g/mol. The van der Waals surface area contributed by atoms with Gasteiger partial charge in [-0.05, 0) is 49.3 Å². The van der Waals surface area contributed by atoms with E-state index in [0.717, 1.165) is 24.3 Å². The van der Waals surface area contributed by atoms with Gasteiger partial charge >= 0.3 is 0 Å². The summed E-state index contributed by atoms with van der Waals surface area (Å²) >= 11 is 0. The van der Waals surface area contributed by atoms with Crippen molar-refractivity contribution in [3.05, 3.63) is 29.6 Å². The Balaban J connectivity index is 1.47. The van der Waals surface area contributed by atoms with Gasteiger partial charge in [0.15, 0.2) is 0 Å². The number of ether oxygens (including phenoxy) is 1. The van der Waals surface area contributed by atoms with Crippen LogP contribution >= 0.6 is 0 Å². The van der Waals surface area contributed by atoms with Crippen molar-refractivity contribution in [1.82, 2.24) is 5.32 Å². The Morgan fingerprint density at radius 2 is 2.05 bits per heavy atom. The molecule has 2 aliphatic rings. The lowest BCUT2D eigenvalue weighted by molar-refractivity contribution is 0.181. The Morgan fingerprint density at radius 3 is 2.80 bits per heavy atom. The number of hydrogen-bond acceptors (Lipinski definition) is 2. The summed E-state index contributed by atoms with van der Waals surface area (Å²) in [6, 6.07) is 5.43. The van der Waals surface area contributed by atoms with Crippen LogP contribution in [0.2, 0.25) is 0 Å². The molecule has 1 aliphatic carbocycles. The zero-order valence-electron chi connectivity index (χ0n) is 12.4. The van der Waals surface area contributed by atoms with Gasteiger partial charge < -0.3 is 10.1 Å². The lowest BCUT2D eigenvalue weighted by atomic mass is 9.75. The molecule has 0 radical (unpaired) electrons. The van der Waals surface area contributed by atoms with Crippen LogP contribution in [0.3, 0.4) is 0 Å². The molecule has 1 atom stereocenters. The van der Waals surface area contributed by atoms with Crippen LogP contribution in [0, 0.1) is 11.2 Å². The second-order valence-electron chi connectivity index (χ2n) is 7.04. The third kappa shape index (κ3) is 3.14. The van der Waals surface area contributed by atoms with Crippen molar-refractivity contribution in [1.29, 1.82) is 0 Å². The molecule has 20 heavy (non-hydrogen) atoms. The molecule has 1 saturated carbocycles. The zero-order valence-corrected chi connectivity index (χ0v) is 12.4. The van der Waals surface area contributed by atoms with Crippen molar-refractivity contribution in [3.8, 4) is 5.75 Å². The topological polar surface area (TPSA) is 21.3 Å². The van der Waals surface area contributed by atoms with E-state index in [1.807, 2.05) is 0 Å². The minimum Gasteiger partial charge on any atom is -0.488 e. The number of fused-ring (bicyclic) bond motifs is 1. The molecular weight excluding hydrogens is 253 g/mol. The molecule has 110 valence electrons. The highest BCUT2D eigenvalue weighted by molar-refractivity contribution is 5.37. The van der Waals surface area contributed by atoms with Gasteiger partial charge in [-0.2, -0.15) is 0 Å². The van der Waals surface area contributed by atoms with Crippen LogP contribution in [0.15, 0.2) is 18.2 Å². The van der Waals surface area contributed by atoms with Crippen LogP contribution in [0.4, 0.5) is 4.39 Å². The Kier molecular flexibility index (Phi) is 3.72. The van der Waals surface area contributed by atoms with Crippen LogP contribution in [-0.4, -0.2) is 18.7 Å². The predicted molar refractivity (Wildman–Crippen MR) is 78.6 cm³/mol. The molecule has 2 nitrogen and oxygen atoms in total. The largest absolute Gasteiger partial charge is 0.488 e. The van der Waals surface area contributed by atoms with Crippen molar-refractivity contribution in [2.24, 2.45) is 5.41 Å². The van der Waals surface area contributed by atoms with Gasteiger partial charge in [0.1, 0.15) is 17.7 Å². The Morgan fingerprint density at radius 1 is 1.30 bits per heavy atom. The van der Waals surface area contributed by atoms with Crippen molar-refractivity contribution in [2.45, 2.75) is 58.1 Å². The fourth-order valence-electron chi connectivity index (χ4n) is 3.30. The second kappa shape index (κ2) is 5.36. The van der Waals surface area contributed by atoms with E-state index in [-0.39, 0.29) is 11.9 Å². The molecular formula is C17H24FNO. The Bertz CT molecular complexity index is 476. The Labute approximate surface area is 120 Å². The van der Waals surface area contributed by atoms with Gasteiger partial charge in [0.25, 0.3) is 0 Å². The van der Waals surface area contributed by atoms with Crippen LogP contribution in [-0.2, 0) is 6.42 Å². The van der Waals surface area contributed by atoms with Crippen LogP contribution in [0.5, 0.6) is 5.75 Å². The number of nitrogens with one attached hydrogen (secondary N) is 1. The minimum atomic E-state index is -0.171. The maximum absolute atomic E-state index is 13.2. The number of rotatable bonds is 3. The summed E-state index contributed by atoms with van der Waals surface area (Å²) in [5.41, 5.74) is 1.51. The summed E-state index contributed by atoms with van der Waals surface area (Å²) < 4.78 is 19.0. The lowest BCUT2D eigenvalue weighted by Crippen LogP contribution is -2.40. The van der Waals surface area contributed by atoms with Gasteiger partial charge in [0.2, 0.25) is 0 Å². The molecule has 0 amide bonds. The molecule has 1 N–H and O–H groups in total. The third-order valence-corrected chi connectivity index (χ3v) is 4.74. The van der Waals surface area contributed by atoms with E-state index in [1.165, 1.54) is 31.7 Å². The van der Waals surface area contributed by atoms with Gasteiger partial charge in [-0.25, -0.2) is 4.39 Å². The smallest absolute Gasteiger partial charge is 0.123 e. The summed E-state index contributed by atoms with van der Waals surface area (Å²) in [4.78, 5) is 0. The maximum Gasteiger partial charge on any atom is 0.123 e. The fourth-order valence-corrected chi connectivity index (χ4v) is 3.30. The van der Waals surface area contributed by atoms with Crippen molar-refractivity contribution in [3.63, 3.8) is 0 Å². The van der Waals surface area contributed by atoms with E-state index in [0.29, 0.717) is 11.5 Å². The minimum absolute atomic E-state index is 0.154. The first-order valence-corrected chi connectivity index (χ1v) is 7.70. The van der Waals surface area contributed by atoms with Crippen LogP contribution in [0.25, 0.3) is 0 Å². The molecule has 3 heteroatoms. The molecule has 0 saturated heterocycles. The van der Waals surface area contributed by atoms with Gasteiger partial charge in [-0.15, -0.1) is 0 Å². The first-order valence-electron chi connectivity index (χ1n) is 7.70. The molecule has 1 aliphatic heterocycles. The predicted octanol–water partition coefficient (Wildman–Crippen LogP) is 3.69. The molecule has 1 aromatic rings. The number of halogens is 1. The normalized spacial score (nSPS) is 25.2. The first-order chi connectivity index (χ1) is 9.52. The second-order valence-corrected chi connectivity index (χ2v) is 7.04. The van der Waals surface area contributed by atoms with E-state index in [9.17, 15) is 4.39 Å². The summed E-state index contributed by atoms with van der Waals surface area (Å²) in [5, 5.41) is 3.63. The summed E-state index contributed by atoms with van der Waals surface area (Å²) in [6.07, 6.45) is 6.06. The van der Waals surface area contributed by atoms with Crippen LogP contribution < -0.4 is 10.1 Å². The molecule has 1 unspecified atom stereocenters. The van der Waals surface area contributed by atoms with Gasteiger partial charge in [-0.1, -0.05) is 13.8 Å².